The fraction of sp³-hybridized carbons (Fsp3) is 0.833. The van der Waals surface area contributed by atoms with Crippen LogP contribution in [-0.4, -0.2) is 11.5 Å². The Balaban J connectivity index is 2.45. The van der Waals surface area contributed by atoms with E-state index in [9.17, 15) is 0 Å². The summed E-state index contributed by atoms with van der Waals surface area (Å²) < 4.78 is 0. The lowest BCUT2D eigenvalue weighted by atomic mass is 10.6. The maximum atomic E-state index is 2.21. The van der Waals surface area contributed by atoms with Gasteiger partial charge in [-0.2, -0.15) is 11.8 Å². The summed E-state index contributed by atoms with van der Waals surface area (Å²) in [4.78, 5) is 0. The summed E-state index contributed by atoms with van der Waals surface area (Å²) >= 11 is 2.00. The average molecular weight is 117 g/mol. The van der Waals surface area contributed by atoms with Crippen molar-refractivity contribution in [2.75, 3.05) is 11.5 Å². The van der Waals surface area contributed by atoms with Gasteiger partial charge in [-0.05, 0) is 24.3 Å². The van der Waals surface area contributed by atoms with Crippen LogP contribution >= 0.6 is 11.8 Å². The predicted molar refractivity (Wildman–Crippen MR) is 37.6 cm³/mol. The van der Waals surface area contributed by atoms with Crippen LogP contribution in [0.3, 0.4) is 0 Å². The van der Waals surface area contributed by atoms with Crippen LogP contribution in [0.25, 0.3) is 0 Å². The summed E-state index contributed by atoms with van der Waals surface area (Å²) in [5, 5.41) is 0. The first-order chi connectivity index (χ1) is 3.41. The van der Waals surface area contributed by atoms with Crippen LogP contribution < -0.4 is 0 Å². The molecule has 1 radical (unpaired) electrons. The quantitative estimate of drug-likeness (QED) is 0.509. The Labute approximate surface area is 50.7 Å². The maximum Gasteiger partial charge on any atom is -0.00389 e. The fourth-order valence-corrected chi connectivity index (χ4v) is 1.04. The second-order valence-corrected chi connectivity index (χ2v) is 2.63. The van der Waals surface area contributed by atoms with Crippen LogP contribution in [0, 0.1) is 6.42 Å². The first kappa shape index (κ1) is 7.35. The molecule has 1 heteroatoms. The molecular weight excluding hydrogens is 104 g/mol. The summed E-state index contributed by atoms with van der Waals surface area (Å²) in [5.41, 5.74) is 0. The van der Waals surface area contributed by atoms with Crippen LogP contribution in [0.4, 0.5) is 0 Å². The van der Waals surface area contributed by atoms with Gasteiger partial charge in [0.1, 0.15) is 0 Å². The maximum absolute atomic E-state index is 2.21. The van der Waals surface area contributed by atoms with Gasteiger partial charge in [-0.1, -0.05) is 13.8 Å². The molecule has 0 amide bonds. The molecule has 0 spiro atoms. The summed E-state index contributed by atoms with van der Waals surface area (Å²) in [6.45, 7) is 4.31. The number of thioether (sulfide) groups is 1. The molecule has 0 aromatic rings. The van der Waals surface area contributed by atoms with Gasteiger partial charge in [0.15, 0.2) is 0 Å². The largest absolute Gasteiger partial charge is 0.162 e. The van der Waals surface area contributed by atoms with Crippen molar-refractivity contribution in [1.29, 1.82) is 0 Å². The SMILES string of the molecule is C[CH]CSCCC. The van der Waals surface area contributed by atoms with Gasteiger partial charge >= 0.3 is 0 Å². The van der Waals surface area contributed by atoms with Gasteiger partial charge in [0.2, 0.25) is 0 Å². The molecule has 0 nitrogen and oxygen atoms in total. The van der Waals surface area contributed by atoms with Crippen molar-refractivity contribution in [2.24, 2.45) is 0 Å². The van der Waals surface area contributed by atoms with Crippen LogP contribution in [-0.2, 0) is 0 Å². The number of hydrogen-bond acceptors (Lipinski definition) is 1. The van der Waals surface area contributed by atoms with Crippen molar-refractivity contribution in [1.82, 2.24) is 0 Å². The molecule has 0 atom stereocenters. The lowest BCUT2D eigenvalue weighted by molar-refractivity contribution is 1.11. The highest BCUT2D eigenvalue weighted by molar-refractivity contribution is 7.99. The van der Waals surface area contributed by atoms with E-state index in [1.165, 1.54) is 17.9 Å². The van der Waals surface area contributed by atoms with Crippen molar-refractivity contribution in [3.63, 3.8) is 0 Å². The zero-order chi connectivity index (χ0) is 5.54. The summed E-state index contributed by atoms with van der Waals surface area (Å²) in [6, 6.07) is 0. The third kappa shape index (κ3) is 6.35. The van der Waals surface area contributed by atoms with Gasteiger partial charge in [-0.25, -0.2) is 0 Å². The monoisotopic (exact) mass is 117 g/mol. The average Bonchev–Trinajstić information content (AvgIpc) is 1.69. The van der Waals surface area contributed by atoms with Crippen LogP contribution in [0.5, 0.6) is 0 Å². The highest BCUT2D eigenvalue weighted by Gasteiger charge is 1.80. The van der Waals surface area contributed by atoms with E-state index in [0.717, 1.165) is 0 Å². The molecule has 0 aromatic carbocycles. The molecule has 0 fully saturated rings. The van der Waals surface area contributed by atoms with E-state index in [1.807, 2.05) is 11.8 Å². The van der Waals surface area contributed by atoms with E-state index >= 15 is 0 Å². The smallest absolute Gasteiger partial charge is 0.00389 e. The lowest BCUT2D eigenvalue weighted by Crippen LogP contribution is -1.77. The van der Waals surface area contributed by atoms with Gasteiger partial charge in [0.25, 0.3) is 0 Å². The minimum Gasteiger partial charge on any atom is -0.162 e. The minimum absolute atomic E-state index is 1.22. The summed E-state index contributed by atoms with van der Waals surface area (Å²) in [7, 11) is 0. The Bertz CT molecular complexity index is 23.4. The Morgan fingerprint density at radius 2 is 2.29 bits per heavy atom. The van der Waals surface area contributed by atoms with Crippen LogP contribution in [0.1, 0.15) is 20.3 Å². The molecule has 0 unspecified atom stereocenters. The molecule has 0 aliphatic rings. The predicted octanol–water partition coefficient (Wildman–Crippen LogP) is 2.35. The molecule has 0 rings (SSSR count). The van der Waals surface area contributed by atoms with E-state index in [0.29, 0.717) is 0 Å². The Kier molecular flexibility index (Phi) is 6.67. The van der Waals surface area contributed by atoms with Crippen molar-refractivity contribution < 1.29 is 0 Å². The Morgan fingerprint density at radius 1 is 1.57 bits per heavy atom. The number of rotatable bonds is 4. The van der Waals surface area contributed by atoms with Gasteiger partial charge in [-0.15, -0.1) is 0 Å². The molecular formula is C6H13S. The second-order valence-electron chi connectivity index (χ2n) is 1.48. The molecule has 0 aliphatic heterocycles. The highest BCUT2D eigenvalue weighted by atomic mass is 32.2. The topological polar surface area (TPSA) is 0 Å². The van der Waals surface area contributed by atoms with E-state index in [1.54, 1.807) is 0 Å². The van der Waals surface area contributed by atoms with Gasteiger partial charge in [0.05, 0.1) is 0 Å². The minimum atomic E-state index is 1.22. The third-order valence-corrected chi connectivity index (χ3v) is 1.90. The highest BCUT2D eigenvalue weighted by Crippen LogP contribution is 2.01. The normalized spacial score (nSPS) is 9.43. The van der Waals surface area contributed by atoms with Gasteiger partial charge < -0.3 is 0 Å². The second kappa shape index (κ2) is 6.35. The Morgan fingerprint density at radius 3 is 2.71 bits per heavy atom. The van der Waals surface area contributed by atoms with Crippen LogP contribution in [0.15, 0.2) is 0 Å². The molecule has 0 bridgehead atoms. The van der Waals surface area contributed by atoms with Crippen molar-refractivity contribution in [3.8, 4) is 0 Å². The fourth-order valence-electron chi connectivity index (χ4n) is 0.346. The van der Waals surface area contributed by atoms with Crippen molar-refractivity contribution in [2.45, 2.75) is 20.3 Å². The van der Waals surface area contributed by atoms with Gasteiger partial charge in [0, 0.05) is 0 Å². The molecule has 0 saturated heterocycles. The molecule has 0 aliphatic carbocycles. The van der Waals surface area contributed by atoms with E-state index in [2.05, 4.69) is 20.3 Å². The van der Waals surface area contributed by atoms with Gasteiger partial charge in [-0.3, -0.25) is 0 Å². The third-order valence-electron chi connectivity index (χ3n) is 0.633. The van der Waals surface area contributed by atoms with Crippen molar-refractivity contribution >= 4 is 11.8 Å². The van der Waals surface area contributed by atoms with E-state index < -0.39 is 0 Å². The molecule has 0 N–H and O–H groups in total. The van der Waals surface area contributed by atoms with E-state index in [-0.39, 0.29) is 0 Å². The van der Waals surface area contributed by atoms with Crippen LogP contribution in [0.2, 0.25) is 0 Å². The molecule has 7 heavy (non-hydrogen) atoms. The molecule has 0 heterocycles. The molecule has 0 saturated carbocycles. The van der Waals surface area contributed by atoms with Crippen molar-refractivity contribution in [3.05, 3.63) is 6.42 Å². The molecule has 0 aromatic heterocycles. The standard InChI is InChI=1S/C6H13S/c1-3-5-7-6-4-2/h3H,4-6H2,1-2H3. The molecule has 43 valence electrons. The first-order valence-corrected chi connectivity index (χ1v) is 3.92. The zero-order valence-electron chi connectivity index (χ0n) is 5.11. The lowest BCUT2D eigenvalue weighted by Gasteiger charge is -1.91. The summed E-state index contributed by atoms with van der Waals surface area (Å²) in [5.74, 6) is 2.53. The number of hydrogen-bond donors (Lipinski definition) is 0. The summed E-state index contributed by atoms with van der Waals surface area (Å²) in [6.07, 6.45) is 3.50. The van der Waals surface area contributed by atoms with E-state index in [4.69, 9.17) is 0 Å². The Hall–Kier alpha value is 0.350. The zero-order valence-corrected chi connectivity index (χ0v) is 5.92. The first-order valence-electron chi connectivity index (χ1n) is 2.77.